The van der Waals surface area contributed by atoms with E-state index in [2.05, 4.69) is 31.4 Å². The van der Waals surface area contributed by atoms with E-state index < -0.39 is 4.92 Å². The Hall–Kier alpha value is -2.37. The number of thioether (sulfide) groups is 1. The average molecular weight is 473 g/mol. The molecule has 0 spiro atoms. The summed E-state index contributed by atoms with van der Waals surface area (Å²) in [4.78, 5) is 22.4. The van der Waals surface area contributed by atoms with E-state index in [4.69, 9.17) is 16.0 Å². The molecule has 140 valence electrons. The van der Waals surface area contributed by atoms with E-state index >= 15 is 0 Å². The van der Waals surface area contributed by atoms with E-state index in [1.54, 1.807) is 23.7 Å². The molecule has 0 aliphatic carbocycles. The van der Waals surface area contributed by atoms with Crippen molar-refractivity contribution in [3.8, 4) is 11.6 Å². The summed E-state index contributed by atoms with van der Waals surface area (Å²) in [7, 11) is 1.76. The molecule has 0 atom stereocenters. The molecule has 1 aromatic carbocycles. The molecule has 0 saturated heterocycles. The van der Waals surface area contributed by atoms with Gasteiger partial charge in [-0.1, -0.05) is 23.4 Å². The van der Waals surface area contributed by atoms with Gasteiger partial charge < -0.3 is 14.3 Å². The minimum Gasteiger partial charge on any atom is -0.446 e. The second-order valence-electron chi connectivity index (χ2n) is 5.23. The molecule has 0 saturated carbocycles. The highest BCUT2D eigenvalue weighted by Crippen LogP contribution is 2.28. The fraction of sp³-hybridized carbons (Fsp3) is 0.133. The number of halogens is 2. The molecule has 0 aliphatic heterocycles. The molecule has 1 amide bonds. The van der Waals surface area contributed by atoms with Gasteiger partial charge in [-0.3, -0.25) is 14.9 Å². The summed E-state index contributed by atoms with van der Waals surface area (Å²) in [5, 5.41) is 22.1. The third-order valence-electron chi connectivity index (χ3n) is 3.39. The van der Waals surface area contributed by atoms with Crippen molar-refractivity contribution >= 4 is 56.6 Å². The van der Waals surface area contributed by atoms with Crippen LogP contribution in [0.3, 0.4) is 0 Å². The van der Waals surface area contributed by atoms with E-state index in [1.807, 2.05) is 0 Å². The van der Waals surface area contributed by atoms with Crippen LogP contribution in [-0.4, -0.2) is 31.3 Å². The number of carbonyl (C=O) groups is 1. The van der Waals surface area contributed by atoms with Crippen molar-refractivity contribution in [2.45, 2.75) is 5.16 Å². The van der Waals surface area contributed by atoms with Gasteiger partial charge in [0.15, 0.2) is 21.4 Å². The van der Waals surface area contributed by atoms with Gasteiger partial charge in [0.05, 0.1) is 10.7 Å². The highest BCUT2D eigenvalue weighted by Gasteiger charge is 2.17. The van der Waals surface area contributed by atoms with Gasteiger partial charge in [0.25, 0.3) is 5.69 Å². The van der Waals surface area contributed by atoms with Crippen LogP contribution in [0.25, 0.3) is 11.6 Å². The standard InChI is InChI=1S/C15H11BrClN5O4S/c1-21-14(11-4-5-12(16)26-11)19-20-15(21)27-7-13(23)18-8-2-3-9(17)10(6-8)22(24)25/h2-6H,7H2,1H3,(H,18,23). The van der Waals surface area contributed by atoms with Gasteiger partial charge in [0.1, 0.15) is 5.02 Å². The molecule has 12 heteroatoms. The minimum atomic E-state index is -0.610. The Kier molecular flexibility index (Phi) is 5.82. The molecule has 3 rings (SSSR count). The summed E-state index contributed by atoms with van der Waals surface area (Å²) in [6.45, 7) is 0. The Bertz CT molecular complexity index is 1020. The lowest BCUT2D eigenvalue weighted by molar-refractivity contribution is -0.384. The number of nitro benzene ring substituents is 1. The van der Waals surface area contributed by atoms with Gasteiger partial charge in [0, 0.05) is 18.8 Å². The number of amides is 1. The Balaban J connectivity index is 1.64. The van der Waals surface area contributed by atoms with Crippen LogP contribution >= 0.6 is 39.3 Å². The lowest BCUT2D eigenvalue weighted by Gasteiger charge is -2.06. The third-order valence-corrected chi connectivity index (χ3v) is 5.15. The van der Waals surface area contributed by atoms with Gasteiger partial charge in [0.2, 0.25) is 5.91 Å². The number of benzene rings is 1. The first kappa shape index (κ1) is 19.4. The van der Waals surface area contributed by atoms with E-state index in [0.29, 0.717) is 21.4 Å². The molecule has 0 fully saturated rings. The molecule has 2 aromatic heterocycles. The van der Waals surface area contributed by atoms with Crippen molar-refractivity contribution in [3.05, 3.63) is 50.1 Å². The molecule has 3 aromatic rings. The number of furan rings is 1. The lowest BCUT2D eigenvalue weighted by Crippen LogP contribution is -2.14. The maximum absolute atomic E-state index is 12.1. The van der Waals surface area contributed by atoms with Crippen molar-refractivity contribution in [2.24, 2.45) is 7.05 Å². The molecule has 1 N–H and O–H groups in total. The van der Waals surface area contributed by atoms with Crippen molar-refractivity contribution in [3.63, 3.8) is 0 Å². The Labute approximate surface area is 170 Å². The number of aromatic nitrogens is 3. The molecule has 0 unspecified atom stereocenters. The molecule has 2 heterocycles. The van der Waals surface area contributed by atoms with Crippen molar-refractivity contribution < 1.29 is 14.1 Å². The van der Waals surface area contributed by atoms with Crippen LogP contribution in [0, 0.1) is 10.1 Å². The highest BCUT2D eigenvalue weighted by atomic mass is 79.9. The Morgan fingerprint density at radius 2 is 2.19 bits per heavy atom. The van der Waals surface area contributed by atoms with Crippen molar-refractivity contribution in [1.29, 1.82) is 0 Å². The second-order valence-corrected chi connectivity index (χ2v) is 7.36. The summed E-state index contributed by atoms with van der Waals surface area (Å²) in [5.74, 6) is 0.769. The Morgan fingerprint density at radius 3 is 2.85 bits per heavy atom. The van der Waals surface area contributed by atoms with Crippen LogP contribution in [0.4, 0.5) is 11.4 Å². The number of nitrogens with zero attached hydrogens (tertiary/aromatic N) is 4. The second kappa shape index (κ2) is 8.11. The number of nitro groups is 1. The van der Waals surface area contributed by atoms with E-state index in [0.717, 1.165) is 0 Å². The lowest BCUT2D eigenvalue weighted by atomic mass is 10.3. The van der Waals surface area contributed by atoms with Crippen LogP contribution < -0.4 is 5.32 Å². The maximum Gasteiger partial charge on any atom is 0.289 e. The summed E-state index contributed by atoms with van der Waals surface area (Å²) in [6, 6.07) is 7.56. The fourth-order valence-corrected chi connectivity index (χ4v) is 3.35. The number of hydrogen-bond acceptors (Lipinski definition) is 7. The zero-order valence-corrected chi connectivity index (χ0v) is 16.8. The van der Waals surface area contributed by atoms with Crippen molar-refractivity contribution in [1.82, 2.24) is 14.8 Å². The number of hydrogen-bond donors (Lipinski definition) is 1. The normalized spacial score (nSPS) is 10.8. The molecule has 0 aliphatic rings. The summed E-state index contributed by atoms with van der Waals surface area (Å²) in [6.07, 6.45) is 0. The van der Waals surface area contributed by atoms with Crippen LogP contribution in [0.2, 0.25) is 5.02 Å². The third kappa shape index (κ3) is 4.49. The Morgan fingerprint density at radius 1 is 1.41 bits per heavy atom. The molecular weight excluding hydrogens is 462 g/mol. The van der Waals surface area contributed by atoms with Crippen LogP contribution in [-0.2, 0) is 11.8 Å². The van der Waals surface area contributed by atoms with Crippen LogP contribution in [0.1, 0.15) is 0 Å². The smallest absolute Gasteiger partial charge is 0.289 e. The van der Waals surface area contributed by atoms with Gasteiger partial charge in [-0.05, 0) is 40.2 Å². The molecule has 27 heavy (non-hydrogen) atoms. The maximum atomic E-state index is 12.1. The highest BCUT2D eigenvalue weighted by molar-refractivity contribution is 9.10. The first-order valence-electron chi connectivity index (χ1n) is 7.37. The number of carbonyl (C=O) groups excluding carboxylic acids is 1. The summed E-state index contributed by atoms with van der Waals surface area (Å²) in [5.41, 5.74) is 0.0143. The van der Waals surface area contributed by atoms with Gasteiger partial charge in [-0.15, -0.1) is 10.2 Å². The SMILES string of the molecule is Cn1c(SCC(=O)Nc2ccc(Cl)c([N+](=O)[O-])c2)nnc1-c1ccc(Br)o1. The quantitative estimate of drug-likeness (QED) is 0.326. The number of nitrogens with one attached hydrogen (secondary N) is 1. The monoisotopic (exact) mass is 471 g/mol. The number of anilines is 1. The first-order valence-corrected chi connectivity index (χ1v) is 9.52. The largest absolute Gasteiger partial charge is 0.446 e. The van der Waals surface area contributed by atoms with Crippen LogP contribution in [0.15, 0.2) is 44.6 Å². The van der Waals surface area contributed by atoms with Gasteiger partial charge >= 0.3 is 0 Å². The minimum absolute atomic E-state index is 0.00329. The summed E-state index contributed by atoms with van der Waals surface area (Å²) >= 11 is 10.2. The van der Waals surface area contributed by atoms with E-state index in [9.17, 15) is 14.9 Å². The van der Waals surface area contributed by atoms with Gasteiger partial charge in [-0.2, -0.15) is 0 Å². The van der Waals surface area contributed by atoms with E-state index in [-0.39, 0.29) is 28.1 Å². The van der Waals surface area contributed by atoms with Crippen LogP contribution in [0.5, 0.6) is 0 Å². The molecular formula is C15H11BrClN5O4S. The van der Waals surface area contributed by atoms with Gasteiger partial charge in [-0.25, -0.2) is 0 Å². The first-order chi connectivity index (χ1) is 12.8. The molecule has 0 bridgehead atoms. The number of rotatable bonds is 6. The zero-order chi connectivity index (χ0) is 19.6. The summed E-state index contributed by atoms with van der Waals surface area (Å²) < 4.78 is 7.73. The molecule has 0 radical (unpaired) electrons. The predicted octanol–water partition coefficient (Wildman–Crippen LogP) is 4.13. The zero-order valence-electron chi connectivity index (χ0n) is 13.7. The van der Waals surface area contributed by atoms with Crippen molar-refractivity contribution in [2.75, 3.05) is 11.1 Å². The average Bonchev–Trinajstić information content (AvgIpc) is 3.20. The predicted molar refractivity (Wildman–Crippen MR) is 104 cm³/mol. The molecule has 9 nitrogen and oxygen atoms in total. The van der Waals surface area contributed by atoms with E-state index in [1.165, 1.54) is 30.0 Å². The topological polar surface area (TPSA) is 116 Å². The fourth-order valence-electron chi connectivity index (χ4n) is 2.15.